The minimum absolute atomic E-state index is 0.0190. The second-order valence-electron chi connectivity index (χ2n) is 6.20. The molecule has 1 fully saturated rings. The van der Waals surface area contributed by atoms with E-state index in [0.29, 0.717) is 24.6 Å². The molecule has 1 saturated heterocycles. The topological polar surface area (TPSA) is 50.4 Å². The first-order valence-electron chi connectivity index (χ1n) is 7.68. The van der Waals surface area contributed by atoms with Crippen molar-refractivity contribution in [1.82, 2.24) is 10.6 Å². The zero-order chi connectivity index (χ0) is 15.3. The quantitative estimate of drug-likeness (QED) is 0.845. The fraction of sp³-hybridized carbons (Fsp3) is 0.588. The number of carbonyl (C=O) groups is 1. The number of benzene rings is 1. The number of ether oxygens (including phenoxy) is 1. The van der Waals surface area contributed by atoms with Gasteiger partial charge in [-0.2, -0.15) is 0 Å². The maximum Gasteiger partial charge on any atom is 0.251 e. The molecule has 1 aliphatic rings. The smallest absolute Gasteiger partial charge is 0.251 e. The fourth-order valence-electron chi connectivity index (χ4n) is 2.84. The predicted molar refractivity (Wildman–Crippen MR) is 84.7 cm³/mol. The summed E-state index contributed by atoms with van der Waals surface area (Å²) in [5.41, 5.74) is 1.85. The van der Waals surface area contributed by atoms with Crippen molar-refractivity contribution < 1.29 is 9.53 Å². The lowest BCUT2D eigenvalue weighted by Gasteiger charge is -2.29. The lowest BCUT2D eigenvalue weighted by Crippen LogP contribution is -2.53. The summed E-state index contributed by atoms with van der Waals surface area (Å²) in [6.07, 6.45) is 2.16. The molecule has 1 aromatic carbocycles. The average Bonchev–Trinajstić information content (AvgIpc) is 2.94. The van der Waals surface area contributed by atoms with Crippen molar-refractivity contribution in [3.8, 4) is 0 Å². The molecule has 1 atom stereocenters. The molecule has 21 heavy (non-hydrogen) atoms. The van der Waals surface area contributed by atoms with Gasteiger partial charge >= 0.3 is 0 Å². The van der Waals surface area contributed by atoms with E-state index < -0.39 is 0 Å². The van der Waals surface area contributed by atoms with Crippen molar-refractivity contribution in [2.45, 2.75) is 38.1 Å². The minimum Gasteiger partial charge on any atom is -0.383 e. The first-order chi connectivity index (χ1) is 10.1. The Hall–Kier alpha value is -1.39. The number of rotatable bonds is 6. The van der Waals surface area contributed by atoms with Crippen molar-refractivity contribution in [3.63, 3.8) is 0 Å². The second kappa shape index (κ2) is 7.05. The molecule has 1 aliphatic heterocycles. The van der Waals surface area contributed by atoms with Crippen molar-refractivity contribution in [3.05, 3.63) is 35.4 Å². The van der Waals surface area contributed by atoms with Gasteiger partial charge in [-0.15, -0.1) is 0 Å². The van der Waals surface area contributed by atoms with Gasteiger partial charge in [-0.25, -0.2) is 0 Å². The van der Waals surface area contributed by atoms with Crippen LogP contribution >= 0.6 is 0 Å². The summed E-state index contributed by atoms with van der Waals surface area (Å²) in [5.74, 6) is 0.462. The summed E-state index contributed by atoms with van der Waals surface area (Å²) in [6, 6.07) is 7.85. The van der Waals surface area contributed by atoms with Crippen LogP contribution in [0.5, 0.6) is 0 Å². The molecule has 1 heterocycles. The maximum absolute atomic E-state index is 12.2. The van der Waals surface area contributed by atoms with E-state index in [1.165, 1.54) is 5.56 Å². The first kappa shape index (κ1) is 16.0. The van der Waals surface area contributed by atoms with Gasteiger partial charge in [0.15, 0.2) is 0 Å². The molecule has 0 saturated carbocycles. The Morgan fingerprint density at radius 3 is 2.62 bits per heavy atom. The van der Waals surface area contributed by atoms with E-state index in [4.69, 9.17) is 4.74 Å². The molecule has 1 aromatic rings. The highest BCUT2D eigenvalue weighted by Gasteiger charge is 2.33. The van der Waals surface area contributed by atoms with Crippen molar-refractivity contribution in [2.75, 3.05) is 26.8 Å². The van der Waals surface area contributed by atoms with Gasteiger partial charge < -0.3 is 15.4 Å². The monoisotopic (exact) mass is 290 g/mol. The Bertz CT molecular complexity index is 462. The van der Waals surface area contributed by atoms with Crippen LogP contribution in [0.1, 0.15) is 48.5 Å². The van der Waals surface area contributed by atoms with E-state index in [0.717, 1.165) is 19.4 Å². The highest BCUT2D eigenvalue weighted by atomic mass is 16.5. The van der Waals surface area contributed by atoms with Crippen molar-refractivity contribution in [1.29, 1.82) is 0 Å². The molecule has 2 N–H and O–H groups in total. The van der Waals surface area contributed by atoms with Crippen LogP contribution in [0.2, 0.25) is 0 Å². The second-order valence-corrected chi connectivity index (χ2v) is 6.20. The highest BCUT2D eigenvalue weighted by molar-refractivity contribution is 5.94. The van der Waals surface area contributed by atoms with Crippen LogP contribution in [0.4, 0.5) is 0 Å². The molecule has 0 bridgehead atoms. The number of methoxy groups -OCH3 is 1. The summed E-state index contributed by atoms with van der Waals surface area (Å²) in [5, 5.41) is 6.50. The maximum atomic E-state index is 12.2. The Balaban J connectivity index is 1.94. The van der Waals surface area contributed by atoms with E-state index in [9.17, 15) is 4.79 Å². The summed E-state index contributed by atoms with van der Waals surface area (Å²) in [6.45, 7) is 6.51. The van der Waals surface area contributed by atoms with Crippen LogP contribution in [-0.4, -0.2) is 38.3 Å². The third kappa shape index (κ3) is 4.05. The van der Waals surface area contributed by atoms with E-state index in [1.54, 1.807) is 7.11 Å². The number of amides is 1. The van der Waals surface area contributed by atoms with Gasteiger partial charge in [-0.3, -0.25) is 4.79 Å². The van der Waals surface area contributed by atoms with E-state index >= 15 is 0 Å². The molecule has 0 aromatic heterocycles. The Labute approximate surface area is 127 Å². The summed E-state index contributed by atoms with van der Waals surface area (Å²) in [4.78, 5) is 12.2. The van der Waals surface area contributed by atoms with E-state index in [2.05, 4.69) is 24.5 Å². The molecule has 1 amide bonds. The standard InChI is InChI=1S/C17H26N2O2/c1-13(2)14-5-7-15(8-6-14)16(20)18-11-17(12-21-3)9-4-10-19-17/h5-8,13,19H,4,9-12H2,1-3H3,(H,18,20). The molecular formula is C17H26N2O2. The number of carbonyl (C=O) groups excluding carboxylic acids is 1. The zero-order valence-electron chi connectivity index (χ0n) is 13.2. The van der Waals surface area contributed by atoms with Crippen molar-refractivity contribution in [2.24, 2.45) is 0 Å². The number of hydrogen-bond acceptors (Lipinski definition) is 3. The predicted octanol–water partition coefficient (Wildman–Crippen LogP) is 2.31. The normalized spacial score (nSPS) is 21.7. The highest BCUT2D eigenvalue weighted by Crippen LogP contribution is 2.19. The van der Waals surface area contributed by atoms with Gasteiger partial charge in [0, 0.05) is 19.2 Å². The van der Waals surface area contributed by atoms with Crippen molar-refractivity contribution >= 4 is 5.91 Å². The van der Waals surface area contributed by atoms with Crippen LogP contribution in [0.3, 0.4) is 0 Å². The molecule has 0 radical (unpaired) electrons. The average molecular weight is 290 g/mol. The molecule has 4 nitrogen and oxygen atoms in total. The molecule has 1 unspecified atom stereocenters. The third-order valence-electron chi connectivity index (χ3n) is 4.18. The van der Waals surface area contributed by atoms with Gasteiger partial charge in [-0.1, -0.05) is 26.0 Å². The van der Waals surface area contributed by atoms with Crippen LogP contribution in [0, 0.1) is 0 Å². The number of nitrogens with one attached hydrogen (secondary N) is 2. The molecule has 4 heteroatoms. The Morgan fingerprint density at radius 2 is 2.10 bits per heavy atom. The van der Waals surface area contributed by atoms with Gasteiger partial charge in [0.05, 0.1) is 12.1 Å². The van der Waals surface area contributed by atoms with Gasteiger partial charge in [-0.05, 0) is 43.0 Å². The van der Waals surface area contributed by atoms with E-state index in [-0.39, 0.29) is 11.4 Å². The van der Waals surface area contributed by atoms with Crippen LogP contribution in [0.25, 0.3) is 0 Å². The van der Waals surface area contributed by atoms with Crippen LogP contribution in [-0.2, 0) is 4.74 Å². The Morgan fingerprint density at radius 1 is 1.38 bits per heavy atom. The summed E-state index contributed by atoms with van der Waals surface area (Å²) >= 11 is 0. The number of hydrogen-bond donors (Lipinski definition) is 2. The molecule has 0 aliphatic carbocycles. The van der Waals surface area contributed by atoms with Gasteiger partial charge in [0.25, 0.3) is 5.91 Å². The molecule has 2 rings (SSSR count). The lowest BCUT2D eigenvalue weighted by atomic mass is 9.98. The van der Waals surface area contributed by atoms with Gasteiger partial charge in [0.2, 0.25) is 0 Å². The minimum atomic E-state index is -0.109. The van der Waals surface area contributed by atoms with Crippen LogP contribution < -0.4 is 10.6 Å². The lowest BCUT2D eigenvalue weighted by molar-refractivity contribution is 0.0892. The molecule has 116 valence electrons. The largest absolute Gasteiger partial charge is 0.383 e. The first-order valence-corrected chi connectivity index (χ1v) is 7.68. The fourth-order valence-corrected chi connectivity index (χ4v) is 2.84. The zero-order valence-corrected chi connectivity index (χ0v) is 13.2. The van der Waals surface area contributed by atoms with E-state index in [1.807, 2.05) is 24.3 Å². The SMILES string of the molecule is COCC1(CNC(=O)c2ccc(C(C)C)cc2)CCCN1. The molecule has 0 spiro atoms. The summed E-state index contributed by atoms with van der Waals surface area (Å²) in [7, 11) is 1.70. The third-order valence-corrected chi connectivity index (χ3v) is 4.18. The van der Waals surface area contributed by atoms with Gasteiger partial charge in [0.1, 0.15) is 0 Å². The molecular weight excluding hydrogens is 264 g/mol. The van der Waals surface area contributed by atoms with Crippen LogP contribution in [0.15, 0.2) is 24.3 Å². The summed E-state index contributed by atoms with van der Waals surface area (Å²) < 4.78 is 5.30. The Kier molecular flexibility index (Phi) is 5.37.